The van der Waals surface area contributed by atoms with Crippen LogP contribution >= 0.6 is 11.8 Å². The van der Waals surface area contributed by atoms with E-state index in [0.29, 0.717) is 40.6 Å². The lowest BCUT2D eigenvalue weighted by molar-refractivity contribution is 0.0934. The molecule has 1 amide bonds. The summed E-state index contributed by atoms with van der Waals surface area (Å²) in [6.07, 6.45) is 5.89. The van der Waals surface area contributed by atoms with E-state index in [9.17, 15) is 9.59 Å². The van der Waals surface area contributed by atoms with Gasteiger partial charge in [-0.3, -0.25) is 14.6 Å². The number of fused-ring (bicyclic) bond motifs is 1. The van der Waals surface area contributed by atoms with E-state index in [1.54, 1.807) is 48.4 Å². The average molecular weight is 424 g/mol. The van der Waals surface area contributed by atoms with E-state index < -0.39 is 6.04 Å². The van der Waals surface area contributed by atoms with Crippen LogP contribution in [0.25, 0.3) is 11.4 Å². The Balaban J connectivity index is 1.62. The van der Waals surface area contributed by atoms with Crippen LogP contribution in [0.2, 0.25) is 0 Å². The van der Waals surface area contributed by atoms with Crippen molar-refractivity contribution in [2.24, 2.45) is 0 Å². The maximum Gasteiger partial charge on any atom is 0.251 e. The van der Waals surface area contributed by atoms with Crippen molar-refractivity contribution in [3.63, 3.8) is 0 Å². The summed E-state index contributed by atoms with van der Waals surface area (Å²) in [5.74, 6) is 2.09. The van der Waals surface area contributed by atoms with Gasteiger partial charge in [-0.2, -0.15) is 11.8 Å². The first-order valence-corrected chi connectivity index (χ1v) is 10.7. The summed E-state index contributed by atoms with van der Waals surface area (Å²) < 4.78 is 10.7. The molecule has 2 N–H and O–H groups in total. The number of benzene rings is 1. The van der Waals surface area contributed by atoms with Crippen molar-refractivity contribution in [3.05, 3.63) is 70.4 Å². The summed E-state index contributed by atoms with van der Waals surface area (Å²) in [4.78, 5) is 36.6. The van der Waals surface area contributed by atoms with E-state index in [-0.39, 0.29) is 18.3 Å². The first-order chi connectivity index (χ1) is 14.6. The first-order valence-electron chi connectivity index (χ1n) is 9.35. The molecule has 0 fully saturated rings. The Morgan fingerprint density at radius 2 is 2.13 bits per heavy atom. The summed E-state index contributed by atoms with van der Waals surface area (Å²) in [5.41, 5.74) is 1.36. The van der Waals surface area contributed by atoms with E-state index in [2.05, 4.69) is 20.3 Å². The molecule has 30 heavy (non-hydrogen) atoms. The van der Waals surface area contributed by atoms with Crippen molar-refractivity contribution in [2.75, 3.05) is 18.8 Å². The van der Waals surface area contributed by atoms with Crippen LogP contribution in [0.3, 0.4) is 0 Å². The summed E-state index contributed by atoms with van der Waals surface area (Å²) in [6, 6.07) is 9.63. The molecule has 0 spiro atoms. The lowest BCUT2D eigenvalue weighted by atomic mass is 10.1. The predicted molar refractivity (Wildman–Crippen MR) is 114 cm³/mol. The minimum atomic E-state index is -0.423. The van der Waals surface area contributed by atoms with Gasteiger partial charge in [0, 0.05) is 29.6 Å². The summed E-state index contributed by atoms with van der Waals surface area (Å²) >= 11 is 1.66. The van der Waals surface area contributed by atoms with Crippen molar-refractivity contribution >= 4 is 17.7 Å². The summed E-state index contributed by atoms with van der Waals surface area (Å²) in [6.45, 7) is 0.143. The van der Waals surface area contributed by atoms with Crippen LogP contribution in [0.4, 0.5) is 0 Å². The molecule has 2 aromatic heterocycles. The fourth-order valence-corrected chi connectivity index (χ4v) is 3.57. The molecule has 4 rings (SSSR count). The molecule has 1 aliphatic rings. The Bertz CT molecular complexity index is 1100. The third-order valence-electron chi connectivity index (χ3n) is 4.60. The van der Waals surface area contributed by atoms with E-state index >= 15 is 0 Å². The third-order valence-corrected chi connectivity index (χ3v) is 5.25. The van der Waals surface area contributed by atoms with Crippen molar-refractivity contribution in [2.45, 2.75) is 12.5 Å². The normalized spacial score (nSPS) is 13.1. The second kappa shape index (κ2) is 9.00. The molecule has 0 aliphatic carbocycles. The predicted octanol–water partition coefficient (Wildman–Crippen LogP) is 2.78. The fourth-order valence-electron chi connectivity index (χ4n) is 3.10. The maximum atomic E-state index is 12.9. The number of ether oxygens (including phenoxy) is 2. The summed E-state index contributed by atoms with van der Waals surface area (Å²) in [5, 5.41) is 3.00. The maximum absolute atomic E-state index is 12.9. The highest BCUT2D eigenvalue weighted by Crippen LogP contribution is 2.32. The molecule has 0 saturated carbocycles. The lowest BCUT2D eigenvalue weighted by Gasteiger charge is -2.18. The number of hydrogen-bond donors (Lipinski definition) is 2. The number of carbonyl (C=O) groups is 1. The number of hydrogen-bond acceptors (Lipinski definition) is 7. The quantitative estimate of drug-likeness (QED) is 0.601. The average Bonchev–Trinajstić information content (AvgIpc) is 3.24. The highest BCUT2D eigenvalue weighted by Gasteiger charge is 2.21. The second-order valence-electron chi connectivity index (χ2n) is 6.64. The number of nitrogens with one attached hydrogen (secondary N) is 2. The number of carbonyl (C=O) groups excluding carboxylic acids is 1. The molecule has 0 saturated heterocycles. The van der Waals surface area contributed by atoms with Gasteiger partial charge in [0.25, 0.3) is 11.5 Å². The van der Waals surface area contributed by atoms with Gasteiger partial charge in [0.15, 0.2) is 11.5 Å². The van der Waals surface area contributed by atoms with Crippen LogP contribution in [0, 0.1) is 0 Å². The molecule has 0 bridgehead atoms. The van der Waals surface area contributed by atoms with Gasteiger partial charge in [-0.05, 0) is 48.8 Å². The minimum absolute atomic E-state index is 0.143. The number of H-pyrrole nitrogens is 1. The van der Waals surface area contributed by atoms with Gasteiger partial charge in [0.2, 0.25) is 6.79 Å². The van der Waals surface area contributed by atoms with E-state index in [4.69, 9.17) is 9.47 Å². The highest BCUT2D eigenvalue weighted by molar-refractivity contribution is 7.98. The van der Waals surface area contributed by atoms with Crippen LogP contribution in [-0.4, -0.2) is 39.7 Å². The molecular weight excluding hydrogens is 404 g/mol. The largest absolute Gasteiger partial charge is 0.454 e. The number of thioether (sulfide) groups is 1. The van der Waals surface area contributed by atoms with Crippen molar-refractivity contribution in [3.8, 4) is 22.9 Å². The molecule has 0 radical (unpaired) electrons. The second-order valence-corrected chi connectivity index (χ2v) is 7.62. The van der Waals surface area contributed by atoms with Gasteiger partial charge in [0.1, 0.15) is 5.82 Å². The smallest absolute Gasteiger partial charge is 0.251 e. The SMILES string of the molecule is CSCC[C@H](NC(=O)c1ccc2c(c1)OCO2)c1cc(=O)[nH]c(-c2cccnc2)n1. The number of aromatic amines is 1. The van der Waals surface area contributed by atoms with E-state index in [1.807, 2.05) is 12.3 Å². The first kappa shape index (κ1) is 20.0. The van der Waals surface area contributed by atoms with Crippen molar-refractivity contribution < 1.29 is 14.3 Å². The fraction of sp³-hybridized carbons (Fsp3) is 0.238. The minimum Gasteiger partial charge on any atom is -0.454 e. The van der Waals surface area contributed by atoms with Gasteiger partial charge < -0.3 is 19.8 Å². The molecular formula is C21H20N4O4S. The number of nitrogens with zero attached hydrogens (tertiary/aromatic N) is 2. The van der Waals surface area contributed by atoms with Crippen LogP contribution in [-0.2, 0) is 0 Å². The zero-order chi connectivity index (χ0) is 20.9. The third kappa shape index (κ3) is 4.46. The highest BCUT2D eigenvalue weighted by atomic mass is 32.2. The Morgan fingerprint density at radius 1 is 1.27 bits per heavy atom. The topological polar surface area (TPSA) is 106 Å². The Labute approximate surface area is 177 Å². The van der Waals surface area contributed by atoms with Crippen LogP contribution in [0.1, 0.15) is 28.5 Å². The zero-order valence-corrected chi connectivity index (χ0v) is 17.1. The standard InChI is InChI=1S/C21H20N4O4S/c1-30-8-6-15(24-21(27)13-4-5-17-18(9-13)29-12-28-17)16-10-19(26)25-20(23-16)14-3-2-7-22-11-14/h2-5,7,9-11,15H,6,8,12H2,1H3,(H,24,27)(H,23,25,26)/t15-/m0/s1. The van der Waals surface area contributed by atoms with Crippen molar-refractivity contribution in [1.82, 2.24) is 20.3 Å². The van der Waals surface area contributed by atoms with Gasteiger partial charge in [-0.15, -0.1) is 0 Å². The van der Waals surface area contributed by atoms with Crippen LogP contribution < -0.4 is 20.3 Å². The van der Waals surface area contributed by atoms with E-state index in [1.165, 1.54) is 6.07 Å². The molecule has 8 nitrogen and oxygen atoms in total. The molecule has 1 aromatic carbocycles. The van der Waals surface area contributed by atoms with E-state index in [0.717, 1.165) is 5.75 Å². The molecule has 3 heterocycles. The number of rotatable bonds is 7. The van der Waals surface area contributed by atoms with Gasteiger partial charge >= 0.3 is 0 Å². The van der Waals surface area contributed by atoms with Crippen LogP contribution in [0.15, 0.2) is 53.6 Å². The molecule has 1 atom stereocenters. The Morgan fingerprint density at radius 3 is 2.93 bits per heavy atom. The molecule has 0 unspecified atom stereocenters. The molecule has 9 heteroatoms. The number of pyridine rings is 1. The van der Waals surface area contributed by atoms with Crippen LogP contribution in [0.5, 0.6) is 11.5 Å². The van der Waals surface area contributed by atoms with Gasteiger partial charge in [0.05, 0.1) is 11.7 Å². The monoisotopic (exact) mass is 424 g/mol. The molecule has 154 valence electrons. The van der Waals surface area contributed by atoms with Gasteiger partial charge in [-0.1, -0.05) is 0 Å². The lowest BCUT2D eigenvalue weighted by Crippen LogP contribution is -2.30. The van der Waals surface area contributed by atoms with Crippen molar-refractivity contribution in [1.29, 1.82) is 0 Å². The Hall–Kier alpha value is -3.33. The zero-order valence-electron chi connectivity index (χ0n) is 16.3. The molecule has 1 aliphatic heterocycles. The summed E-state index contributed by atoms with van der Waals surface area (Å²) in [7, 11) is 0. The Kier molecular flexibility index (Phi) is 5.99. The number of aromatic nitrogens is 3. The number of amides is 1. The molecule has 3 aromatic rings. The van der Waals surface area contributed by atoms with Gasteiger partial charge in [-0.25, -0.2) is 4.98 Å².